The molecule has 1 aliphatic rings. The van der Waals surface area contributed by atoms with Gasteiger partial charge in [0.05, 0.1) is 0 Å². The molecule has 0 aliphatic carbocycles. The summed E-state index contributed by atoms with van der Waals surface area (Å²) in [6.45, 7) is 10.6. The maximum atomic E-state index is 2.80. The zero-order valence-electron chi connectivity index (χ0n) is 19.2. The minimum atomic E-state index is 0.505. The van der Waals surface area contributed by atoms with Crippen LogP contribution in [0.1, 0.15) is 58.1 Å². The first-order valence-corrected chi connectivity index (χ1v) is 11.7. The highest BCUT2D eigenvalue weighted by Gasteiger charge is 2.39. The van der Waals surface area contributed by atoms with Gasteiger partial charge < -0.3 is 4.57 Å². The van der Waals surface area contributed by atoms with Crippen LogP contribution in [0.3, 0.4) is 0 Å². The lowest BCUT2D eigenvalue weighted by Gasteiger charge is -2.48. The van der Waals surface area contributed by atoms with Crippen molar-refractivity contribution in [1.29, 1.82) is 0 Å². The normalized spacial score (nSPS) is 22.8. The highest BCUT2D eigenvalue weighted by atomic mass is 15.2. The van der Waals surface area contributed by atoms with E-state index in [-0.39, 0.29) is 0 Å². The molecule has 0 spiro atoms. The van der Waals surface area contributed by atoms with E-state index >= 15 is 0 Å². The number of hydrogen-bond acceptors (Lipinski definition) is 1. The van der Waals surface area contributed by atoms with Gasteiger partial charge in [-0.05, 0) is 48.0 Å². The second-order valence-corrected chi connectivity index (χ2v) is 8.81. The highest BCUT2D eigenvalue weighted by molar-refractivity contribution is 5.94. The smallest absolute Gasteiger partial charge is 0.0484 e. The van der Waals surface area contributed by atoms with Gasteiger partial charge in [0.15, 0.2) is 0 Å². The molecule has 0 fully saturated rings. The molecule has 0 amide bonds. The van der Waals surface area contributed by atoms with Crippen LogP contribution in [0.25, 0.3) is 16.5 Å². The van der Waals surface area contributed by atoms with Gasteiger partial charge in [0.25, 0.3) is 0 Å². The van der Waals surface area contributed by atoms with Crippen LogP contribution in [0.2, 0.25) is 0 Å². The van der Waals surface area contributed by atoms with E-state index in [2.05, 4.69) is 105 Å². The number of nitrogens with zero attached hydrogens (tertiary/aromatic N) is 2. The molecular formula is C28H36N2. The SMILES string of the molecule is CCC1=C(c2cn(C)c3ccccc23)[C@@H](C)[C@@H](CC)N(Cc2ccccc2)[C@H]1CC. The lowest BCUT2D eigenvalue weighted by atomic mass is 9.75. The Balaban J connectivity index is 1.87. The van der Waals surface area contributed by atoms with Crippen LogP contribution in [0.15, 0.2) is 66.4 Å². The summed E-state index contributed by atoms with van der Waals surface area (Å²) in [7, 11) is 2.18. The average molecular weight is 401 g/mol. The van der Waals surface area contributed by atoms with Gasteiger partial charge in [0.2, 0.25) is 0 Å². The molecule has 0 saturated heterocycles. The molecule has 0 bridgehead atoms. The molecule has 1 aromatic heterocycles. The monoisotopic (exact) mass is 400 g/mol. The third-order valence-electron chi connectivity index (χ3n) is 7.19. The molecule has 1 aliphatic heterocycles. The third-order valence-corrected chi connectivity index (χ3v) is 7.19. The van der Waals surface area contributed by atoms with Gasteiger partial charge in [-0.3, -0.25) is 4.90 Å². The van der Waals surface area contributed by atoms with E-state index in [0.29, 0.717) is 18.0 Å². The summed E-state index contributed by atoms with van der Waals surface area (Å²) >= 11 is 0. The first-order valence-electron chi connectivity index (χ1n) is 11.7. The van der Waals surface area contributed by atoms with Crippen molar-refractivity contribution in [3.8, 4) is 0 Å². The molecule has 0 unspecified atom stereocenters. The highest BCUT2D eigenvalue weighted by Crippen LogP contribution is 2.45. The van der Waals surface area contributed by atoms with Crippen LogP contribution in [0, 0.1) is 5.92 Å². The fourth-order valence-corrected chi connectivity index (χ4v) is 5.87. The molecule has 2 nitrogen and oxygen atoms in total. The van der Waals surface area contributed by atoms with E-state index < -0.39 is 0 Å². The van der Waals surface area contributed by atoms with Gasteiger partial charge in [-0.25, -0.2) is 0 Å². The molecule has 0 N–H and O–H groups in total. The Morgan fingerprint density at radius 2 is 1.57 bits per heavy atom. The number of aryl methyl sites for hydroxylation is 1. The second kappa shape index (κ2) is 8.81. The molecule has 2 heterocycles. The molecule has 0 saturated carbocycles. The summed E-state index contributed by atoms with van der Waals surface area (Å²) in [5, 5.41) is 1.40. The van der Waals surface area contributed by atoms with E-state index in [9.17, 15) is 0 Å². The first-order chi connectivity index (χ1) is 14.6. The van der Waals surface area contributed by atoms with E-state index in [4.69, 9.17) is 0 Å². The molecular weight excluding hydrogens is 364 g/mol. The van der Waals surface area contributed by atoms with Gasteiger partial charge in [-0.2, -0.15) is 0 Å². The number of benzene rings is 2. The lowest BCUT2D eigenvalue weighted by molar-refractivity contribution is 0.100. The fraction of sp³-hybridized carbons (Fsp3) is 0.429. The number of hydrogen-bond donors (Lipinski definition) is 0. The second-order valence-electron chi connectivity index (χ2n) is 8.81. The van der Waals surface area contributed by atoms with Gasteiger partial charge >= 0.3 is 0 Å². The van der Waals surface area contributed by atoms with E-state index in [0.717, 1.165) is 19.4 Å². The number of aromatic nitrogens is 1. The zero-order valence-corrected chi connectivity index (χ0v) is 19.2. The van der Waals surface area contributed by atoms with Crippen molar-refractivity contribution in [1.82, 2.24) is 9.47 Å². The predicted molar refractivity (Wildman–Crippen MR) is 129 cm³/mol. The van der Waals surface area contributed by atoms with Crippen LogP contribution < -0.4 is 0 Å². The zero-order chi connectivity index (χ0) is 21.3. The van der Waals surface area contributed by atoms with Crippen molar-refractivity contribution < 1.29 is 0 Å². The van der Waals surface area contributed by atoms with Crippen LogP contribution in [-0.4, -0.2) is 21.6 Å². The Kier molecular flexibility index (Phi) is 6.15. The van der Waals surface area contributed by atoms with Crippen LogP contribution >= 0.6 is 0 Å². The van der Waals surface area contributed by atoms with Crippen molar-refractivity contribution in [2.24, 2.45) is 13.0 Å². The topological polar surface area (TPSA) is 8.17 Å². The molecule has 2 aromatic carbocycles. The Hall–Kier alpha value is -2.32. The van der Waals surface area contributed by atoms with Crippen LogP contribution in [-0.2, 0) is 13.6 Å². The van der Waals surface area contributed by atoms with Gasteiger partial charge in [0, 0.05) is 48.3 Å². The van der Waals surface area contributed by atoms with Crippen molar-refractivity contribution >= 4 is 16.5 Å². The maximum absolute atomic E-state index is 2.80. The van der Waals surface area contributed by atoms with Crippen molar-refractivity contribution in [2.75, 3.05) is 0 Å². The standard InChI is InChI=1S/C28H36N2/c1-6-22-26(8-3)30(18-21-14-10-9-11-15-21)25(7-2)20(4)28(22)24-19-29(5)27-17-13-12-16-23(24)27/h9-17,19-20,25-26H,6-8,18H2,1-5H3/t20-,25+,26-/m0/s1. The van der Waals surface area contributed by atoms with Crippen molar-refractivity contribution in [3.63, 3.8) is 0 Å². The summed E-state index contributed by atoms with van der Waals surface area (Å²) in [6.07, 6.45) is 5.82. The lowest BCUT2D eigenvalue weighted by Crippen LogP contribution is -2.50. The average Bonchev–Trinajstić information content (AvgIpc) is 3.10. The molecule has 3 atom stereocenters. The van der Waals surface area contributed by atoms with Gasteiger partial charge in [0.1, 0.15) is 0 Å². The number of para-hydroxylation sites is 1. The quantitative estimate of drug-likeness (QED) is 0.430. The molecule has 30 heavy (non-hydrogen) atoms. The van der Waals surface area contributed by atoms with Crippen LogP contribution in [0.4, 0.5) is 0 Å². The molecule has 3 aromatic rings. The van der Waals surface area contributed by atoms with Crippen molar-refractivity contribution in [2.45, 2.75) is 65.6 Å². The summed E-state index contributed by atoms with van der Waals surface area (Å²) < 4.78 is 2.30. The Morgan fingerprint density at radius 1 is 0.867 bits per heavy atom. The summed E-state index contributed by atoms with van der Waals surface area (Å²) in [5.41, 5.74) is 7.45. The minimum Gasteiger partial charge on any atom is -0.350 e. The Labute approximate surface area is 182 Å². The van der Waals surface area contributed by atoms with Crippen LogP contribution in [0.5, 0.6) is 0 Å². The van der Waals surface area contributed by atoms with Gasteiger partial charge in [-0.15, -0.1) is 0 Å². The van der Waals surface area contributed by atoms with E-state index in [1.54, 1.807) is 11.1 Å². The predicted octanol–water partition coefficient (Wildman–Crippen LogP) is 7.05. The summed E-state index contributed by atoms with van der Waals surface area (Å²) in [4.78, 5) is 2.80. The molecule has 158 valence electrons. The van der Waals surface area contributed by atoms with E-state index in [1.807, 2.05) is 0 Å². The number of fused-ring (bicyclic) bond motifs is 1. The van der Waals surface area contributed by atoms with Crippen molar-refractivity contribution in [3.05, 3.63) is 77.5 Å². The molecule has 0 radical (unpaired) electrons. The summed E-state index contributed by atoms with van der Waals surface area (Å²) in [5.74, 6) is 0.516. The number of rotatable bonds is 6. The first kappa shape index (κ1) is 20.9. The fourth-order valence-electron chi connectivity index (χ4n) is 5.87. The Bertz CT molecular complexity index is 1030. The minimum absolute atomic E-state index is 0.505. The Morgan fingerprint density at radius 3 is 2.23 bits per heavy atom. The van der Waals surface area contributed by atoms with E-state index in [1.165, 1.54) is 28.5 Å². The largest absolute Gasteiger partial charge is 0.350 e. The molecule has 4 rings (SSSR count). The maximum Gasteiger partial charge on any atom is 0.0484 e. The van der Waals surface area contributed by atoms with Gasteiger partial charge in [-0.1, -0.05) is 76.2 Å². The molecule has 2 heteroatoms. The summed E-state index contributed by atoms with van der Waals surface area (Å²) in [6, 6.07) is 20.9. The third kappa shape index (κ3) is 3.52.